The van der Waals surface area contributed by atoms with Gasteiger partial charge in [0.15, 0.2) is 23.2 Å². The van der Waals surface area contributed by atoms with Crippen molar-refractivity contribution in [3.8, 4) is 0 Å². The normalized spacial score (nSPS) is 17.1. The van der Waals surface area contributed by atoms with Gasteiger partial charge in [0.1, 0.15) is 5.76 Å². The number of aliphatic hydroxyl groups is 2. The molecule has 2 aromatic heterocycles. The van der Waals surface area contributed by atoms with Crippen molar-refractivity contribution in [1.82, 2.24) is 9.55 Å². The maximum Gasteiger partial charge on any atom is 0.418 e. The number of benzene rings is 1. The summed E-state index contributed by atoms with van der Waals surface area (Å²) in [5.41, 5.74) is -3.60. The number of halogens is 3. The number of aromatic nitrogens is 2. The van der Waals surface area contributed by atoms with Crippen LogP contribution >= 0.6 is 0 Å². The fraction of sp³-hybridized carbons (Fsp3) is 0.360. The summed E-state index contributed by atoms with van der Waals surface area (Å²) in [4.78, 5) is 16.0. The number of nitrogens with zero attached hydrogens (tertiary/aromatic N) is 2. The van der Waals surface area contributed by atoms with Crippen LogP contribution in [0.15, 0.2) is 75.7 Å². The third kappa shape index (κ3) is 4.27. The van der Waals surface area contributed by atoms with Crippen molar-refractivity contribution < 1.29 is 27.8 Å². The molecule has 3 aromatic rings. The summed E-state index contributed by atoms with van der Waals surface area (Å²) in [7, 11) is 0. The van der Waals surface area contributed by atoms with Gasteiger partial charge < -0.3 is 19.2 Å². The zero-order chi connectivity index (χ0) is 24.7. The van der Waals surface area contributed by atoms with E-state index in [0.717, 1.165) is 0 Å². The number of para-hydroxylation sites is 1. The van der Waals surface area contributed by atoms with Crippen molar-refractivity contribution >= 4 is 16.5 Å². The average molecular weight is 474 g/mol. The van der Waals surface area contributed by atoms with Crippen molar-refractivity contribution in [1.29, 1.82) is 0 Å². The molecule has 2 heterocycles. The number of allylic oxidation sites excluding steroid dienone is 3. The summed E-state index contributed by atoms with van der Waals surface area (Å²) >= 11 is 0. The first-order chi connectivity index (χ1) is 15.9. The number of oxazole rings is 1. The molecule has 1 aromatic carbocycles. The first-order valence-electron chi connectivity index (χ1n) is 10.8. The Morgan fingerprint density at radius 1 is 1.18 bits per heavy atom. The van der Waals surface area contributed by atoms with Crippen LogP contribution in [0, 0.1) is 5.41 Å². The van der Waals surface area contributed by atoms with Gasteiger partial charge in [-0.15, -0.1) is 0 Å². The van der Waals surface area contributed by atoms with Crippen LogP contribution < -0.4 is 5.43 Å². The molecule has 6 nitrogen and oxygen atoms in total. The molecule has 2 N–H and O–H groups in total. The van der Waals surface area contributed by atoms with Crippen molar-refractivity contribution in [2.45, 2.75) is 51.4 Å². The van der Waals surface area contributed by atoms with Gasteiger partial charge >= 0.3 is 6.18 Å². The summed E-state index contributed by atoms with van der Waals surface area (Å²) in [5.74, 6) is 0.155. The molecule has 9 heteroatoms. The first-order valence-corrected chi connectivity index (χ1v) is 10.8. The molecule has 0 radical (unpaired) electrons. The average Bonchev–Trinajstić information content (AvgIpc) is 3.29. The van der Waals surface area contributed by atoms with Crippen molar-refractivity contribution in [2.75, 3.05) is 0 Å². The van der Waals surface area contributed by atoms with Crippen LogP contribution in [0.3, 0.4) is 0 Å². The Kier molecular flexibility index (Phi) is 5.93. The quantitative estimate of drug-likeness (QED) is 0.500. The van der Waals surface area contributed by atoms with Gasteiger partial charge in [-0.2, -0.15) is 13.2 Å². The van der Waals surface area contributed by atoms with Gasteiger partial charge in [0, 0.05) is 17.6 Å². The highest BCUT2D eigenvalue weighted by atomic mass is 19.4. The summed E-state index contributed by atoms with van der Waals surface area (Å²) in [6, 6.07) is 7.52. The molecule has 1 aliphatic carbocycles. The number of fused-ring (bicyclic) bond motifs is 1. The Morgan fingerprint density at radius 2 is 1.91 bits per heavy atom. The Bertz CT molecular complexity index is 1320. The molecular weight excluding hydrogens is 449 g/mol. The van der Waals surface area contributed by atoms with E-state index < -0.39 is 30.2 Å². The topological polar surface area (TPSA) is 88.5 Å². The largest absolute Gasteiger partial charge is 0.507 e. The van der Waals surface area contributed by atoms with Gasteiger partial charge in [-0.3, -0.25) is 4.79 Å². The number of rotatable bonds is 6. The van der Waals surface area contributed by atoms with Gasteiger partial charge in [0.2, 0.25) is 0 Å². The molecule has 0 saturated heterocycles. The SMILES string of the molecule is CC(C)(CC(O)(Cn1ccc(=O)c2ccccc21)C(F)(F)F)C1=C(O)C(c2cnco2)=CCC1. The minimum absolute atomic E-state index is 0.161. The van der Waals surface area contributed by atoms with E-state index >= 15 is 0 Å². The molecule has 0 aliphatic heterocycles. The fourth-order valence-electron chi connectivity index (χ4n) is 4.73. The van der Waals surface area contributed by atoms with Crippen LogP contribution in [0.1, 0.15) is 38.9 Å². The van der Waals surface area contributed by atoms with Gasteiger partial charge in [-0.25, -0.2) is 4.98 Å². The van der Waals surface area contributed by atoms with Crippen LogP contribution in [0.25, 0.3) is 16.5 Å². The second-order valence-electron chi connectivity index (χ2n) is 9.26. The van der Waals surface area contributed by atoms with Gasteiger partial charge in [-0.1, -0.05) is 32.1 Å². The van der Waals surface area contributed by atoms with E-state index in [4.69, 9.17) is 4.42 Å². The molecule has 1 atom stereocenters. The summed E-state index contributed by atoms with van der Waals surface area (Å²) < 4.78 is 49.5. The van der Waals surface area contributed by atoms with Gasteiger partial charge in [0.05, 0.1) is 23.8 Å². The predicted octanol–water partition coefficient (Wildman–Crippen LogP) is 5.39. The van der Waals surface area contributed by atoms with Crippen LogP contribution in [0.5, 0.6) is 0 Å². The van der Waals surface area contributed by atoms with Gasteiger partial charge in [-0.05, 0) is 42.4 Å². The molecule has 1 unspecified atom stereocenters. The van der Waals surface area contributed by atoms with E-state index in [0.29, 0.717) is 35.3 Å². The highest BCUT2D eigenvalue weighted by molar-refractivity contribution is 5.78. The van der Waals surface area contributed by atoms with E-state index in [2.05, 4.69) is 4.98 Å². The first kappa shape index (κ1) is 23.8. The minimum Gasteiger partial charge on any atom is -0.507 e. The zero-order valence-electron chi connectivity index (χ0n) is 18.8. The molecule has 34 heavy (non-hydrogen) atoms. The van der Waals surface area contributed by atoms with Crippen LogP contribution in [0.4, 0.5) is 13.2 Å². The van der Waals surface area contributed by atoms with Crippen molar-refractivity contribution in [2.24, 2.45) is 5.41 Å². The lowest BCUT2D eigenvalue weighted by Gasteiger charge is -2.40. The molecule has 0 bridgehead atoms. The lowest BCUT2D eigenvalue weighted by Crippen LogP contribution is -2.51. The monoisotopic (exact) mass is 474 g/mol. The summed E-state index contributed by atoms with van der Waals surface area (Å²) in [5, 5.41) is 22.2. The lowest BCUT2D eigenvalue weighted by molar-refractivity contribution is -0.273. The molecule has 0 amide bonds. The summed E-state index contributed by atoms with van der Waals surface area (Å²) in [6.45, 7) is 2.34. The molecular formula is C25H25F3N2O4. The lowest BCUT2D eigenvalue weighted by atomic mass is 9.70. The van der Waals surface area contributed by atoms with E-state index in [1.807, 2.05) is 0 Å². The van der Waals surface area contributed by atoms with Crippen molar-refractivity contribution in [3.05, 3.63) is 82.5 Å². The second kappa shape index (κ2) is 8.47. The van der Waals surface area contributed by atoms with Gasteiger partial charge in [0.25, 0.3) is 0 Å². The zero-order valence-corrected chi connectivity index (χ0v) is 18.8. The van der Waals surface area contributed by atoms with Crippen LogP contribution in [0.2, 0.25) is 0 Å². The Hall–Kier alpha value is -3.33. The molecule has 1 aliphatic rings. The molecule has 0 spiro atoms. The Balaban J connectivity index is 1.73. The van der Waals surface area contributed by atoms with E-state index in [1.165, 1.54) is 35.5 Å². The molecule has 4 rings (SSSR count). The number of alkyl halides is 3. The number of hydrogen-bond acceptors (Lipinski definition) is 5. The number of aliphatic hydroxyl groups excluding tert-OH is 1. The van der Waals surface area contributed by atoms with E-state index in [-0.39, 0.29) is 16.6 Å². The molecule has 0 saturated carbocycles. The highest BCUT2D eigenvalue weighted by Crippen LogP contribution is 2.48. The number of pyridine rings is 1. The Morgan fingerprint density at radius 3 is 2.59 bits per heavy atom. The third-order valence-corrected chi connectivity index (χ3v) is 6.38. The maximum atomic E-state index is 14.3. The Labute approximate surface area is 193 Å². The third-order valence-electron chi connectivity index (χ3n) is 6.38. The standard InChI is InChI=1S/C25H25F3N2O4/c1-23(2,18-8-5-7-17(22(18)32)21-12-29-15-34-21)13-24(33,25(26,27)28)14-30-11-10-20(31)16-6-3-4-9-19(16)30/h3-4,6-7,9-12,15,32-33H,5,8,13-14H2,1-2H3. The fourth-order valence-corrected chi connectivity index (χ4v) is 4.73. The molecule has 180 valence electrons. The molecule has 0 fully saturated rings. The van der Waals surface area contributed by atoms with Crippen molar-refractivity contribution in [3.63, 3.8) is 0 Å². The van der Waals surface area contributed by atoms with Crippen LogP contribution in [-0.2, 0) is 6.54 Å². The van der Waals surface area contributed by atoms with E-state index in [9.17, 15) is 28.2 Å². The van der Waals surface area contributed by atoms with E-state index in [1.54, 1.807) is 38.1 Å². The second-order valence-corrected chi connectivity index (χ2v) is 9.26. The van der Waals surface area contributed by atoms with Crippen LogP contribution in [-0.4, -0.2) is 31.5 Å². The number of hydrogen-bond donors (Lipinski definition) is 2. The smallest absolute Gasteiger partial charge is 0.418 e. The predicted molar refractivity (Wildman–Crippen MR) is 121 cm³/mol. The maximum absolute atomic E-state index is 14.3. The minimum atomic E-state index is -4.97. The highest BCUT2D eigenvalue weighted by Gasteiger charge is 2.56. The summed E-state index contributed by atoms with van der Waals surface area (Å²) in [6.07, 6.45) is 0.800.